The van der Waals surface area contributed by atoms with Crippen molar-refractivity contribution < 1.29 is 0 Å². The van der Waals surface area contributed by atoms with Gasteiger partial charge >= 0.3 is 0 Å². The van der Waals surface area contributed by atoms with Gasteiger partial charge in [0.05, 0.1) is 3.79 Å². The molecule has 108 valence electrons. The van der Waals surface area contributed by atoms with Crippen molar-refractivity contribution >= 4 is 33.1 Å². The Balaban J connectivity index is 1.94. The van der Waals surface area contributed by atoms with Crippen molar-refractivity contribution in [1.29, 1.82) is 0 Å². The molecule has 0 amide bonds. The lowest BCUT2D eigenvalue weighted by molar-refractivity contribution is 0.588. The third-order valence-electron chi connectivity index (χ3n) is 2.96. The minimum atomic E-state index is 0.495. The standard InChI is InChI=1S/C15H20BrN3S/c1-11(2)17-7-12-4-5-15(18-8-12)19(3)9-13-6-14(16)20-10-13/h4-6,8,10-11,17H,7,9H2,1-3H3. The van der Waals surface area contributed by atoms with Gasteiger partial charge in [-0.25, -0.2) is 4.98 Å². The van der Waals surface area contributed by atoms with Gasteiger partial charge < -0.3 is 10.2 Å². The summed E-state index contributed by atoms with van der Waals surface area (Å²) < 4.78 is 1.17. The molecule has 0 fully saturated rings. The predicted octanol–water partition coefficient (Wildman–Crippen LogP) is 4.04. The summed E-state index contributed by atoms with van der Waals surface area (Å²) in [4.78, 5) is 6.70. The van der Waals surface area contributed by atoms with Crippen molar-refractivity contribution in [2.75, 3.05) is 11.9 Å². The summed E-state index contributed by atoms with van der Waals surface area (Å²) in [6, 6.07) is 6.87. The molecule has 5 heteroatoms. The number of rotatable bonds is 6. The number of nitrogens with one attached hydrogen (secondary N) is 1. The van der Waals surface area contributed by atoms with Crippen LogP contribution in [-0.4, -0.2) is 18.1 Å². The molecule has 0 aliphatic rings. The summed E-state index contributed by atoms with van der Waals surface area (Å²) in [7, 11) is 2.07. The highest BCUT2D eigenvalue weighted by molar-refractivity contribution is 9.11. The summed E-state index contributed by atoms with van der Waals surface area (Å²) in [5.74, 6) is 1.00. The van der Waals surface area contributed by atoms with Crippen LogP contribution in [0.25, 0.3) is 0 Å². The Morgan fingerprint density at radius 3 is 2.70 bits per heavy atom. The van der Waals surface area contributed by atoms with Gasteiger partial charge in [0.25, 0.3) is 0 Å². The van der Waals surface area contributed by atoms with Gasteiger partial charge in [0, 0.05) is 32.4 Å². The molecule has 3 nitrogen and oxygen atoms in total. The molecule has 20 heavy (non-hydrogen) atoms. The molecule has 2 aromatic rings. The molecule has 0 radical (unpaired) electrons. The van der Waals surface area contributed by atoms with E-state index in [0.717, 1.165) is 18.9 Å². The fraction of sp³-hybridized carbons (Fsp3) is 0.400. The van der Waals surface area contributed by atoms with Gasteiger partial charge in [-0.2, -0.15) is 0 Å². The number of hydrogen-bond donors (Lipinski definition) is 1. The highest BCUT2D eigenvalue weighted by Gasteiger charge is 2.05. The average molecular weight is 354 g/mol. The maximum atomic E-state index is 4.54. The SMILES string of the molecule is CC(C)NCc1ccc(N(C)Cc2csc(Br)c2)nc1. The van der Waals surface area contributed by atoms with E-state index >= 15 is 0 Å². The molecule has 0 saturated carbocycles. The van der Waals surface area contributed by atoms with Crippen LogP contribution in [0.5, 0.6) is 0 Å². The van der Waals surface area contributed by atoms with Gasteiger partial charge in [0.1, 0.15) is 5.82 Å². The van der Waals surface area contributed by atoms with Crippen LogP contribution in [0.1, 0.15) is 25.0 Å². The minimum Gasteiger partial charge on any atom is -0.355 e. The summed E-state index contributed by atoms with van der Waals surface area (Å²) >= 11 is 5.21. The Bertz CT molecular complexity index is 536. The number of thiophene rings is 1. The number of anilines is 1. The molecule has 0 aromatic carbocycles. The van der Waals surface area contributed by atoms with Crippen molar-refractivity contribution in [3.63, 3.8) is 0 Å². The zero-order chi connectivity index (χ0) is 14.5. The van der Waals surface area contributed by atoms with E-state index in [0.29, 0.717) is 6.04 Å². The minimum absolute atomic E-state index is 0.495. The second-order valence-electron chi connectivity index (χ2n) is 5.18. The van der Waals surface area contributed by atoms with E-state index in [-0.39, 0.29) is 0 Å². The second kappa shape index (κ2) is 7.20. The third kappa shape index (κ3) is 4.58. The first kappa shape index (κ1) is 15.5. The van der Waals surface area contributed by atoms with Crippen molar-refractivity contribution in [2.24, 2.45) is 0 Å². The molecule has 0 atom stereocenters. The van der Waals surface area contributed by atoms with Gasteiger partial charge in [-0.05, 0) is 44.6 Å². The van der Waals surface area contributed by atoms with Crippen molar-refractivity contribution in [2.45, 2.75) is 33.0 Å². The van der Waals surface area contributed by atoms with E-state index in [1.54, 1.807) is 11.3 Å². The summed E-state index contributed by atoms with van der Waals surface area (Å²) in [5.41, 5.74) is 2.52. The van der Waals surface area contributed by atoms with Crippen molar-refractivity contribution in [1.82, 2.24) is 10.3 Å². The molecule has 2 rings (SSSR count). The molecule has 2 heterocycles. The summed E-state index contributed by atoms with van der Waals surface area (Å²) in [5, 5.41) is 5.56. The van der Waals surface area contributed by atoms with E-state index < -0.39 is 0 Å². The molecule has 0 unspecified atom stereocenters. The van der Waals surface area contributed by atoms with Gasteiger partial charge in [0.15, 0.2) is 0 Å². The predicted molar refractivity (Wildman–Crippen MR) is 90.3 cm³/mol. The second-order valence-corrected chi connectivity index (χ2v) is 7.47. The quantitative estimate of drug-likeness (QED) is 0.849. The number of hydrogen-bond acceptors (Lipinski definition) is 4. The first-order chi connectivity index (χ1) is 9.54. The van der Waals surface area contributed by atoms with Crippen LogP contribution in [0.2, 0.25) is 0 Å². The molecular weight excluding hydrogens is 334 g/mol. The number of aromatic nitrogens is 1. The Hall–Kier alpha value is -0.910. The molecular formula is C15H20BrN3S. The van der Waals surface area contributed by atoms with E-state index in [2.05, 4.69) is 75.6 Å². The van der Waals surface area contributed by atoms with Gasteiger partial charge in [-0.1, -0.05) is 19.9 Å². The van der Waals surface area contributed by atoms with Crippen molar-refractivity contribution in [3.8, 4) is 0 Å². The highest BCUT2D eigenvalue weighted by Crippen LogP contribution is 2.22. The fourth-order valence-electron chi connectivity index (χ4n) is 1.85. The van der Waals surface area contributed by atoms with Crippen LogP contribution in [0.3, 0.4) is 0 Å². The number of pyridine rings is 1. The molecule has 2 aromatic heterocycles. The summed E-state index contributed by atoms with van der Waals surface area (Å²) in [6.45, 7) is 6.04. The van der Waals surface area contributed by atoms with E-state index in [9.17, 15) is 0 Å². The lowest BCUT2D eigenvalue weighted by Gasteiger charge is -2.18. The van der Waals surface area contributed by atoms with E-state index in [1.165, 1.54) is 14.9 Å². The maximum absolute atomic E-state index is 4.54. The molecule has 0 bridgehead atoms. The van der Waals surface area contributed by atoms with Crippen LogP contribution in [0.15, 0.2) is 33.6 Å². The molecule has 0 spiro atoms. The van der Waals surface area contributed by atoms with Gasteiger partial charge in [-0.15, -0.1) is 11.3 Å². The maximum Gasteiger partial charge on any atom is 0.128 e. The molecule has 0 aliphatic heterocycles. The van der Waals surface area contributed by atoms with E-state index in [4.69, 9.17) is 0 Å². The lowest BCUT2D eigenvalue weighted by Crippen LogP contribution is -2.22. The summed E-state index contributed by atoms with van der Waals surface area (Å²) in [6.07, 6.45) is 1.95. The van der Waals surface area contributed by atoms with Gasteiger partial charge in [-0.3, -0.25) is 0 Å². The van der Waals surface area contributed by atoms with Crippen LogP contribution in [-0.2, 0) is 13.1 Å². The molecule has 1 N–H and O–H groups in total. The van der Waals surface area contributed by atoms with Crippen LogP contribution in [0, 0.1) is 0 Å². The lowest BCUT2D eigenvalue weighted by atomic mass is 10.2. The molecule has 0 aliphatic carbocycles. The van der Waals surface area contributed by atoms with Crippen LogP contribution >= 0.6 is 27.3 Å². The first-order valence-electron chi connectivity index (χ1n) is 6.67. The van der Waals surface area contributed by atoms with Crippen LogP contribution < -0.4 is 10.2 Å². The Morgan fingerprint density at radius 2 is 2.15 bits per heavy atom. The Kier molecular flexibility index (Phi) is 5.57. The normalized spacial score (nSPS) is 11.1. The number of nitrogens with zero attached hydrogens (tertiary/aromatic N) is 2. The highest BCUT2D eigenvalue weighted by atomic mass is 79.9. The largest absolute Gasteiger partial charge is 0.355 e. The Labute approximate surface area is 133 Å². The fourth-order valence-corrected chi connectivity index (χ4v) is 3.05. The Morgan fingerprint density at radius 1 is 1.35 bits per heavy atom. The van der Waals surface area contributed by atoms with Gasteiger partial charge in [0.2, 0.25) is 0 Å². The zero-order valence-corrected chi connectivity index (χ0v) is 14.5. The molecule has 0 saturated heterocycles. The third-order valence-corrected chi connectivity index (χ3v) is 4.51. The number of halogens is 1. The van der Waals surface area contributed by atoms with E-state index in [1.807, 2.05) is 6.20 Å². The monoisotopic (exact) mass is 353 g/mol. The zero-order valence-electron chi connectivity index (χ0n) is 12.1. The topological polar surface area (TPSA) is 28.2 Å². The first-order valence-corrected chi connectivity index (χ1v) is 8.34. The average Bonchev–Trinajstić information content (AvgIpc) is 2.82. The van der Waals surface area contributed by atoms with Crippen LogP contribution in [0.4, 0.5) is 5.82 Å². The smallest absolute Gasteiger partial charge is 0.128 e. The van der Waals surface area contributed by atoms with Crippen molar-refractivity contribution in [3.05, 3.63) is 44.7 Å².